The molecule has 0 saturated carbocycles. The molecule has 0 unspecified atom stereocenters. The molecule has 0 aromatic heterocycles. The van der Waals surface area contributed by atoms with E-state index in [1.165, 1.54) is 6.07 Å². The SMILES string of the molecule is CN(c1ccc(CN)cc1F)C(C)(C)CO. The third-order valence-corrected chi connectivity index (χ3v) is 2.90. The fourth-order valence-electron chi connectivity index (χ4n) is 1.38. The highest BCUT2D eigenvalue weighted by Gasteiger charge is 2.24. The minimum absolute atomic E-state index is 0.0401. The number of likely N-dealkylation sites (N-methyl/N-ethyl adjacent to an activating group) is 1. The van der Waals surface area contributed by atoms with E-state index in [-0.39, 0.29) is 12.4 Å². The van der Waals surface area contributed by atoms with Gasteiger partial charge in [0.25, 0.3) is 0 Å². The van der Waals surface area contributed by atoms with Crippen molar-refractivity contribution < 1.29 is 9.50 Å². The molecule has 0 spiro atoms. The van der Waals surface area contributed by atoms with E-state index < -0.39 is 5.54 Å². The van der Waals surface area contributed by atoms with Crippen molar-refractivity contribution in [2.75, 3.05) is 18.6 Å². The lowest BCUT2D eigenvalue weighted by Gasteiger charge is -2.36. The molecular formula is C12H19FN2O. The van der Waals surface area contributed by atoms with E-state index in [4.69, 9.17) is 5.73 Å². The predicted octanol–water partition coefficient (Wildman–Crippen LogP) is 1.49. The van der Waals surface area contributed by atoms with Crippen LogP contribution in [0.25, 0.3) is 0 Å². The molecule has 0 atom stereocenters. The summed E-state index contributed by atoms with van der Waals surface area (Å²) in [5, 5.41) is 9.23. The Morgan fingerprint density at radius 3 is 2.50 bits per heavy atom. The summed E-state index contributed by atoms with van der Waals surface area (Å²) in [5.74, 6) is -0.313. The van der Waals surface area contributed by atoms with Gasteiger partial charge in [-0.2, -0.15) is 0 Å². The zero-order valence-corrected chi connectivity index (χ0v) is 10.00. The number of hydrogen-bond donors (Lipinski definition) is 2. The molecule has 3 nitrogen and oxygen atoms in total. The fourth-order valence-corrected chi connectivity index (χ4v) is 1.38. The first kappa shape index (κ1) is 12.9. The average Bonchev–Trinajstić information content (AvgIpc) is 2.28. The summed E-state index contributed by atoms with van der Waals surface area (Å²) in [7, 11) is 1.76. The Morgan fingerprint density at radius 2 is 2.06 bits per heavy atom. The van der Waals surface area contributed by atoms with Gasteiger partial charge in [-0.1, -0.05) is 6.07 Å². The monoisotopic (exact) mass is 226 g/mol. The number of anilines is 1. The van der Waals surface area contributed by atoms with E-state index in [1.807, 2.05) is 13.8 Å². The van der Waals surface area contributed by atoms with Crippen molar-refractivity contribution in [3.8, 4) is 0 Å². The minimum atomic E-state index is -0.495. The van der Waals surface area contributed by atoms with Gasteiger partial charge in [-0.3, -0.25) is 0 Å². The molecule has 0 amide bonds. The van der Waals surface area contributed by atoms with Crippen molar-refractivity contribution in [3.63, 3.8) is 0 Å². The Morgan fingerprint density at radius 1 is 1.44 bits per heavy atom. The van der Waals surface area contributed by atoms with Crippen LogP contribution in [-0.2, 0) is 6.54 Å². The third kappa shape index (κ3) is 2.51. The Bertz CT molecular complexity index is 366. The van der Waals surface area contributed by atoms with Gasteiger partial charge in [0.15, 0.2) is 0 Å². The minimum Gasteiger partial charge on any atom is -0.394 e. The van der Waals surface area contributed by atoms with Crippen LogP contribution in [0.1, 0.15) is 19.4 Å². The molecule has 4 heteroatoms. The highest BCUT2D eigenvalue weighted by Crippen LogP contribution is 2.25. The first-order chi connectivity index (χ1) is 7.42. The highest BCUT2D eigenvalue weighted by molar-refractivity contribution is 5.50. The second kappa shape index (κ2) is 4.80. The van der Waals surface area contributed by atoms with Crippen molar-refractivity contribution in [2.24, 2.45) is 5.73 Å². The maximum absolute atomic E-state index is 13.8. The van der Waals surface area contributed by atoms with Gasteiger partial charge in [-0.15, -0.1) is 0 Å². The third-order valence-electron chi connectivity index (χ3n) is 2.90. The average molecular weight is 226 g/mol. The van der Waals surface area contributed by atoms with Crippen molar-refractivity contribution in [1.29, 1.82) is 0 Å². The van der Waals surface area contributed by atoms with Crippen LogP contribution in [0.4, 0.5) is 10.1 Å². The van der Waals surface area contributed by atoms with Gasteiger partial charge in [0.2, 0.25) is 0 Å². The van der Waals surface area contributed by atoms with Crippen LogP contribution < -0.4 is 10.6 Å². The highest BCUT2D eigenvalue weighted by atomic mass is 19.1. The zero-order chi connectivity index (χ0) is 12.3. The second-order valence-electron chi connectivity index (χ2n) is 4.52. The summed E-state index contributed by atoms with van der Waals surface area (Å²) in [6, 6.07) is 4.91. The molecule has 1 aromatic rings. The molecule has 0 bridgehead atoms. The smallest absolute Gasteiger partial charge is 0.146 e. The molecule has 1 aromatic carbocycles. The summed E-state index contributed by atoms with van der Waals surface area (Å²) >= 11 is 0. The molecule has 0 aliphatic rings. The van der Waals surface area contributed by atoms with Crippen LogP contribution in [-0.4, -0.2) is 24.3 Å². The number of nitrogens with two attached hydrogens (primary N) is 1. The summed E-state index contributed by atoms with van der Waals surface area (Å²) in [6.07, 6.45) is 0. The molecule has 0 heterocycles. The van der Waals surface area contributed by atoms with Crippen molar-refractivity contribution in [3.05, 3.63) is 29.6 Å². The maximum Gasteiger partial charge on any atom is 0.146 e. The van der Waals surface area contributed by atoms with Crippen LogP contribution in [0.5, 0.6) is 0 Å². The Balaban J connectivity index is 3.05. The molecule has 90 valence electrons. The number of benzene rings is 1. The van der Waals surface area contributed by atoms with E-state index in [0.717, 1.165) is 5.56 Å². The van der Waals surface area contributed by atoms with Crippen molar-refractivity contribution >= 4 is 5.69 Å². The fraction of sp³-hybridized carbons (Fsp3) is 0.500. The normalized spacial score (nSPS) is 11.6. The number of rotatable bonds is 4. The number of hydrogen-bond acceptors (Lipinski definition) is 3. The quantitative estimate of drug-likeness (QED) is 0.817. The van der Waals surface area contributed by atoms with E-state index in [9.17, 15) is 9.50 Å². The van der Waals surface area contributed by atoms with E-state index >= 15 is 0 Å². The maximum atomic E-state index is 13.8. The molecule has 0 aliphatic carbocycles. The van der Waals surface area contributed by atoms with Crippen molar-refractivity contribution in [2.45, 2.75) is 25.9 Å². The molecule has 0 saturated heterocycles. The summed E-state index contributed by atoms with van der Waals surface area (Å²) in [6.45, 7) is 3.98. The first-order valence-electron chi connectivity index (χ1n) is 5.25. The molecule has 0 aliphatic heterocycles. The van der Waals surface area contributed by atoms with E-state index in [2.05, 4.69) is 0 Å². The van der Waals surface area contributed by atoms with Crippen LogP contribution in [0.15, 0.2) is 18.2 Å². The van der Waals surface area contributed by atoms with Crippen LogP contribution in [0.3, 0.4) is 0 Å². The molecule has 16 heavy (non-hydrogen) atoms. The molecule has 0 fully saturated rings. The first-order valence-corrected chi connectivity index (χ1v) is 5.25. The lowest BCUT2D eigenvalue weighted by Crippen LogP contribution is -2.44. The Kier molecular flexibility index (Phi) is 3.88. The largest absolute Gasteiger partial charge is 0.394 e. The molecule has 0 radical (unpaired) electrons. The van der Waals surface area contributed by atoms with Gasteiger partial charge in [0, 0.05) is 13.6 Å². The zero-order valence-electron chi connectivity index (χ0n) is 10.00. The van der Waals surface area contributed by atoms with Crippen molar-refractivity contribution in [1.82, 2.24) is 0 Å². The lowest BCUT2D eigenvalue weighted by molar-refractivity contribution is 0.215. The molecular weight excluding hydrogens is 207 g/mol. The van der Waals surface area contributed by atoms with Crippen LogP contribution in [0.2, 0.25) is 0 Å². The standard InChI is InChI=1S/C12H19FN2O/c1-12(2,8-16)15(3)11-5-4-9(7-14)6-10(11)13/h4-6,16H,7-8,14H2,1-3H3. The topological polar surface area (TPSA) is 49.5 Å². The van der Waals surface area contributed by atoms with E-state index in [0.29, 0.717) is 12.2 Å². The number of aliphatic hydroxyl groups is 1. The predicted molar refractivity (Wildman–Crippen MR) is 63.9 cm³/mol. The van der Waals surface area contributed by atoms with Gasteiger partial charge >= 0.3 is 0 Å². The number of nitrogens with zero attached hydrogens (tertiary/aromatic N) is 1. The second-order valence-corrected chi connectivity index (χ2v) is 4.52. The number of aliphatic hydroxyl groups excluding tert-OH is 1. The van der Waals surface area contributed by atoms with Gasteiger partial charge < -0.3 is 15.7 Å². The summed E-state index contributed by atoms with van der Waals surface area (Å²) in [4.78, 5) is 1.72. The summed E-state index contributed by atoms with van der Waals surface area (Å²) < 4.78 is 13.8. The van der Waals surface area contributed by atoms with Gasteiger partial charge in [-0.05, 0) is 31.5 Å². The summed E-state index contributed by atoms with van der Waals surface area (Å²) in [5.41, 5.74) is 6.17. The Labute approximate surface area is 95.7 Å². The van der Waals surface area contributed by atoms with Crippen LogP contribution in [0, 0.1) is 5.82 Å². The van der Waals surface area contributed by atoms with E-state index in [1.54, 1.807) is 24.1 Å². The van der Waals surface area contributed by atoms with Gasteiger partial charge in [-0.25, -0.2) is 4.39 Å². The van der Waals surface area contributed by atoms with Gasteiger partial charge in [0.1, 0.15) is 5.82 Å². The van der Waals surface area contributed by atoms with Gasteiger partial charge in [0.05, 0.1) is 17.8 Å². The van der Waals surface area contributed by atoms with Crippen LogP contribution >= 0.6 is 0 Å². The lowest BCUT2D eigenvalue weighted by atomic mass is 10.0. The molecule has 1 rings (SSSR count). The molecule has 3 N–H and O–H groups in total. The number of halogens is 1. The Hall–Kier alpha value is -1.13.